The van der Waals surface area contributed by atoms with Gasteiger partial charge in [0, 0.05) is 0 Å². The van der Waals surface area contributed by atoms with E-state index in [0.717, 1.165) is 0 Å². The monoisotopic (exact) mass is 223 g/mol. The summed E-state index contributed by atoms with van der Waals surface area (Å²) in [5.74, 6) is 0.107. The Morgan fingerprint density at radius 2 is 2.27 bits per heavy atom. The molecule has 0 unspecified atom stereocenters. The van der Waals surface area contributed by atoms with E-state index in [1.54, 1.807) is 13.0 Å². The van der Waals surface area contributed by atoms with Gasteiger partial charge in [0.15, 0.2) is 5.78 Å². The molecule has 0 atom stereocenters. The van der Waals surface area contributed by atoms with Crippen molar-refractivity contribution in [2.75, 3.05) is 13.0 Å². The summed E-state index contributed by atoms with van der Waals surface area (Å²) >= 11 is 5.49. The summed E-state index contributed by atoms with van der Waals surface area (Å²) in [5.41, 5.74) is 1.62. The first-order valence-electron chi connectivity index (χ1n) is 4.32. The van der Waals surface area contributed by atoms with Gasteiger partial charge in [-0.15, -0.1) is 11.6 Å². The van der Waals surface area contributed by atoms with E-state index in [2.05, 4.69) is 0 Å². The predicted octanol–water partition coefficient (Wildman–Crippen LogP) is 2.30. The lowest BCUT2D eigenvalue weighted by molar-refractivity contribution is 0.101. The first kappa shape index (κ1) is 11.5. The fourth-order valence-corrected chi connectivity index (χ4v) is 1.54. The molecule has 1 aromatic rings. The molecule has 0 fully saturated rings. The molecule has 3 nitrogen and oxygen atoms in total. The van der Waals surface area contributed by atoms with Crippen molar-refractivity contribution in [1.82, 2.24) is 0 Å². The number of benzene rings is 1. The van der Waals surface area contributed by atoms with Gasteiger partial charge in [-0.05, 0) is 24.6 Å². The number of Topliss-reactive ketones (excluding diaryl/α,β-unsaturated/α-hetero) is 1. The second kappa shape index (κ2) is 4.81. The van der Waals surface area contributed by atoms with Crippen LogP contribution in [0.2, 0.25) is 0 Å². The Labute approximate surface area is 93.2 Å². The highest BCUT2D eigenvalue weighted by atomic mass is 35.5. The molecule has 4 heteroatoms. The average molecular weight is 224 g/mol. The van der Waals surface area contributed by atoms with Crippen molar-refractivity contribution in [3.63, 3.8) is 0 Å². The maximum absolute atomic E-state index is 11.5. The maximum Gasteiger partial charge on any atom is 0.181 e. The number of hydrogen-bond donors (Lipinski definition) is 0. The number of nitrogens with zero attached hydrogens (tertiary/aromatic N) is 1. The zero-order valence-corrected chi connectivity index (χ0v) is 9.26. The Morgan fingerprint density at radius 1 is 1.60 bits per heavy atom. The van der Waals surface area contributed by atoms with E-state index in [1.807, 2.05) is 6.07 Å². The van der Waals surface area contributed by atoms with Crippen molar-refractivity contribution in [3.8, 4) is 11.8 Å². The third-order valence-corrected chi connectivity index (χ3v) is 2.29. The summed E-state index contributed by atoms with van der Waals surface area (Å²) in [7, 11) is 1.46. The summed E-state index contributed by atoms with van der Waals surface area (Å²) < 4.78 is 5.06. The molecule has 1 aromatic carbocycles. The molecule has 0 saturated heterocycles. The zero-order chi connectivity index (χ0) is 11.4. The Balaban J connectivity index is 3.39. The summed E-state index contributed by atoms with van der Waals surface area (Å²) in [5, 5.41) is 8.75. The van der Waals surface area contributed by atoms with Gasteiger partial charge in [0.2, 0.25) is 0 Å². The van der Waals surface area contributed by atoms with E-state index in [4.69, 9.17) is 21.6 Å². The normalized spacial score (nSPS) is 9.47. The van der Waals surface area contributed by atoms with Crippen LogP contribution in [0.3, 0.4) is 0 Å². The van der Waals surface area contributed by atoms with Crippen molar-refractivity contribution in [3.05, 3.63) is 28.8 Å². The number of carbonyl (C=O) groups excluding carboxylic acids is 1. The molecule has 0 saturated carbocycles. The summed E-state index contributed by atoms with van der Waals surface area (Å²) in [6.07, 6.45) is 0. The quantitative estimate of drug-likeness (QED) is 0.584. The number of ether oxygens (including phenoxy) is 1. The summed E-state index contributed by atoms with van der Waals surface area (Å²) in [6, 6.07) is 5.18. The number of hydrogen-bond acceptors (Lipinski definition) is 3. The molecule has 0 aromatic heterocycles. The smallest absolute Gasteiger partial charge is 0.181 e. The Bertz CT molecular complexity index is 435. The lowest BCUT2D eigenvalue weighted by atomic mass is 10.0. The second-order valence-electron chi connectivity index (χ2n) is 3.04. The summed E-state index contributed by atoms with van der Waals surface area (Å²) in [6.45, 7) is 1.75. The average Bonchev–Trinajstić information content (AvgIpc) is 2.26. The van der Waals surface area contributed by atoms with Gasteiger partial charge in [0.1, 0.15) is 5.75 Å². The molecule has 0 aliphatic heterocycles. The van der Waals surface area contributed by atoms with Crippen LogP contribution in [0, 0.1) is 18.3 Å². The lowest BCUT2D eigenvalue weighted by Gasteiger charge is -2.09. The van der Waals surface area contributed by atoms with Crippen LogP contribution < -0.4 is 4.74 Å². The largest absolute Gasteiger partial charge is 0.496 e. The van der Waals surface area contributed by atoms with Gasteiger partial charge >= 0.3 is 0 Å². The summed E-state index contributed by atoms with van der Waals surface area (Å²) in [4.78, 5) is 11.5. The molecule has 1 rings (SSSR count). The molecular weight excluding hydrogens is 214 g/mol. The van der Waals surface area contributed by atoms with Crippen LogP contribution in [0.25, 0.3) is 0 Å². The molecule has 0 amide bonds. The highest BCUT2D eigenvalue weighted by Gasteiger charge is 2.15. The number of nitriles is 1. The molecule has 0 heterocycles. The SMILES string of the molecule is COc1cc(C#N)cc(C)c1C(=O)CCl. The lowest BCUT2D eigenvalue weighted by Crippen LogP contribution is -2.06. The number of aryl methyl sites for hydroxylation is 1. The minimum Gasteiger partial charge on any atom is -0.496 e. The molecule has 0 bridgehead atoms. The fourth-order valence-electron chi connectivity index (χ4n) is 1.40. The van der Waals surface area contributed by atoms with Crippen molar-refractivity contribution < 1.29 is 9.53 Å². The van der Waals surface area contributed by atoms with Gasteiger partial charge in [-0.2, -0.15) is 5.26 Å². The highest BCUT2D eigenvalue weighted by molar-refractivity contribution is 6.31. The molecule has 0 aliphatic carbocycles. The van der Waals surface area contributed by atoms with Crippen LogP contribution in [0.5, 0.6) is 5.75 Å². The van der Waals surface area contributed by atoms with E-state index in [1.165, 1.54) is 13.2 Å². The molecule has 78 valence electrons. The minimum atomic E-state index is -0.199. The van der Waals surface area contributed by atoms with Crippen molar-refractivity contribution in [2.45, 2.75) is 6.92 Å². The Kier molecular flexibility index (Phi) is 3.70. The van der Waals surface area contributed by atoms with Gasteiger partial charge in [-0.1, -0.05) is 0 Å². The van der Waals surface area contributed by atoms with Crippen LogP contribution in [-0.4, -0.2) is 18.8 Å². The molecule has 0 aliphatic rings. The fraction of sp³-hybridized carbons (Fsp3) is 0.273. The number of halogens is 1. The van der Waals surface area contributed by atoms with E-state index in [9.17, 15) is 4.79 Å². The van der Waals surface area contributed by atoms with E-state index in [-0.39, 0.29) is 11.7 Å². The number of rotatable bonds is 3. The van der Waals surface area contributed by atoms with Gasteiger partial charge < -0.3 is 4.74 Å². The van der Waals surface area contributed by atoms with Crippen LogP contribution >= 0.6 is 11.6 Å². The minimum absolute atomic E-state index is 0.0941. The topological polar surface area (TPSA) is 50.1 Å². The van der Waals surface area contributed by atoms with Crippen LogP contribution in [0.1, 0.15) is 21.5 Å². The first-order chi connectivity index (χ1) is 7.13. The molecule has 0 spiro atoms. The maximum atomic E-state index is 11.5. The van der Waals surface area contributed by atoms with Gasteiger partial charge in [0.05, 0.1) is 30.2 Å². The second-order valence-corrected chi connectivity index (χ2v) is 3.31. The van der Waals surface area contributed by atoms with Crippen LogP contribution in [0.15, 0.2) is 12.1 Å². The third-order valence-electron chi connectivity index (χ3n) is 2.05. The van der Waals surface area contributed by atoms with E-state index >= 15 is 0 Å². The van der Waals surface area contributed by atoms with E-state index in [0.29, 0.717) is 22.4 Å². The van der Waals surface area contributed by atoms with Gasteiger partial charge in [-0.25, -0.2) is 0 Å². The zero-order valence-electron chi connectivity index (χ0n) is 8.50. The predicted molar refractivity (Wildman–Crippen MR) is 57.5 cm³/mol. The molecule has 15 heavy (non-hydrogen) atoms. The first-order valence-corrected chi connectivity index (χ1v) is 4.85. The molecule has 0 radical (unpaired) electrons. The standard InChI is InChI=1S/C11H10ClNO2/c1-7-3-8(6-13)4-10(15-2)11(7)9(14)5-12/h3-4H,5H2,1-2H3. The molecular formula is C11H10ClNO2. The Hall–Kier alpha value is -1.53. The number of methoxy groups -OCH3 is 1. The van der Waals surface area contributed by atoms with Crippen LogP contribution in [-0.2, 0) is 0 Å². The van der Waals surface area contributed by atoms with Crippen LogP contribution in [0.4, 0.5) is 0 Å². The van der Waals surface area contributed by atoms with E-state index < -0.39 is 0 Å². The number of ketones is 1. The number of carbonyl (C=O) groups is 1. The van der Waals surface area contributed by atoms with Gasteiger partial charge in [0.25, 0.3) is 0 Å². The van der Waals surface area contributed by atoms with Crippen molar-refractivity contribution in [1.29, 1.82) is 5.26 Å². The highest BCUT2D eigenvalue weighted by Crippen LogP contribution is 2.24. The Morgan fingerprint density at radius 3 is 2.73 bits per heavy atom. The van der Waals surface area contributed by atoms with Crippen molar-refractivity contribution >= 4 is 17.4 Å². The number of alkyl halides is 1. The van der Waals surface area contributed by atoms with Gasteiger partial charge in [-0.3, -0.25) is 4.79 Å². The molecule has 0 N–H and O–H groups in total. The van der Waals surface area contributed by atoms with Crippen molar-refractivity contribution in [2.24, 2.45) is 0 Å². The third kappa shape index (κ3) is 2.28.